The number of aromatic amines is 1. The molecule has 0 radical (unpaired) electrons. The molecule has 0 spiro atoms. The minimum Gasteiger partial charge on any atom is -0.368 e. The SMILES string of the molecule is C[C@H]1C2CCC(CC2)[C@@H]1Cc1nc(-c2c[nH]c3ncc(Cl)nc23)nc(N2CCN(c3ccccc3)CC2)c1F. The fraction of sp³-hybridized carbons (Fsp3) is 0.467. The lowest BCUT2D eigenvalue weighted by Gasteiger charge is -2.47. The molecule has 4 heterocycles. The number of hydrogen-bond acceptors (Lipinski definition) is 6. The summed E-state index contributed by atoms with van der Waals surface area (Å²) in [5.41, 5.74) is 3.63. The number of aromatic nitrogens is 5. The molecule has 1 aromatic carbocycles. The van der Waals surface area contributed by atoms with Crippen molar-refractivity contribution in [3.63, 3.8) is 0 Å². The summed E-state index contributed by atoms with van der Waals surface area (Å²) in [7, 11) is 0. The second kappa shape index (κ2) is 10.0. The van der Waals surface area contributed by atoms with Crippen LogP contribution in [0.3, 0.4) is 0 Å². The van der Waals surface area contributed by atoms with Gasteiger partial charge in [0.25, 0.3) is 0 Å². The third-order valence-corrected chi connectivity index (χ3v) is 9.65. The Hall–Kier alpha value is -3.26. The normalized spacial score (nSPS) is 25.0. The van der Waals surface area contributed by atoms with Crippen molar-refractivity contribution >= 4 is 34.3 Å². The van der Waals surface area contributed by atoms with Crippen LogP contribution in [0.25, 0.3) is 22.6 Å². The van der Waals surface area contributed by atoms with Crippen LogP contribution in [0.4, 0.5) is 15.9 Å². The van der Waals surface area contributed by atoms with Crippen LogP contribution in [0.15, 0.2) is 42.7 Å². The maximum atomic E-state index is 16.4. The first kappa shape index (κ1) is 24.8. The molecule has 8 rings (SSSR count). The first-order valence-electron chi connectivity index (χ1n) is 14.2. The van der Waals surface area contributed by atoms with E-state index in [4.69, 9.17) is 21.6 Å². The maximum absolute atomic E-state index is 16.4. The molecule has 3 aliphatic carbocycles. The van der Waals surface area contributed by atoms with Gasteiger partial charge in [-0.1, -0.05) is 36.7 Å². The standard InChI is InChI=1S/C30H33ClFN7/c1-18-19-7-9-20(10-8-19)22(18)15-24-26(32)30(39-13-11-38(12-14-39)21-5-3-2-4-6-21)37-28(35-24)23-16-33-29-27(23)36-25(31)17-34-29/h2-6,16-20,22H,7-15H2,1H3,(H,33,34)/t18-,19?,20?,22+/m0/s1. The molecule has 39 heavy (non-hydrogen) atoms. The molecule has 7 nitrogen and oxygen atoms in total. The zero-order valence-corrected chi connectivity index (χ0v) is 22.9. The summed E-state index contributed by atoms with van der Waals surface area (Å²) >= 11 is 6.19. The molecular weight excluding hydrogens is 513 g/mol. The van der Waals surface area contributed by atoms with Crippen molar-refractivity contribution in [1.82, 2.24) is 24.9 Å². The molecule has 3 aromatic heterocycles. The number of piperazine rings is 1. The first-order chi connectivity index (χ1) is 19.0. The number of fused-ring (bicyclic) bond motifs is 4. The maximum Gasteiger partial charge on any atom is 0.187 e. The van der Waals surface area contributed by atoms with E-state index in [0.29, 0.717) is 76.5 Å². The molecule has 9 heteroatoms. The monoisotopic (exact) mass is 545 g/mol. The summed E-state index contributed by atoms with van der Waals surface area (Å²) in [5.74, 6) is 3.04. The summed E-state index contributed by atoms with van der Waals surface area (Å²) in [5, 5.41) is 0.301. The topological polar surface area (TPSA) is 73.8 Å². The number of H-pyrrole nitrogens is 1. The van der Waals surface area contributed by atoms with Gasteiger partial charge in [-0.15, -0.1) is 0 Å². The highest BCUT2D eigenvalue weighted by molar-refractivity contribution is 6.29. The minimum absolute atomic E-state index is 0.274. The summed E-state index contributed by atoms with van der Waals surface area (Å²) in [6.45, 7) is 5.34. The smallest absolute Gasteiger partial charge is 0.187 e. The Morgan fingerprint density at radius 2 is 1.67 bits per heavy atom. The molecule has 1 aliphatic heterocycles. The van der Waals surface area contributed by atoms with Crippen LogP contribution in [0.1, 0.15) is 38.3 Å². The van der Waals surface area contributed by atoms with Gasteiger partial charge in [0.1, 0.15) is 10.7 Å². The van der Waals surface area contributed by atoms with Crippen LogP contribution in [-0.2, 0) is 6.42 Å². The quantitative estimate of drug-likeness (QED) is 0.324. The van der Waals surface area contributed by atoms with Crippen molar-refractivity contribution in [2.45, 2.75) is 39.0 Å². The van der Waals surface area contributed by atoms with Gasteiger partial charge in [0.15, 0.2) is 23.1 Å². The van der Waals surface area contributed by atoms with E-state index in [9.17, 15) is 0 Å². The fourth-order valence-corrected chi connectivity index (χ4v) is 7.39. The van der Waals surface area contributed by atoms with E-state index in [2.05, 4.69) is 55.9 Å². The lowest BCUT2D eigenvalue weighted by Crippen LogP contribution is -2.47. The van der Waals surface area contributed by atoms with Crippen LogP contribution in [0.2, 0.25) is 5.15 Å². The Labute approximate surface area is 232 Å². The number of rotatable bonds is 5. The number of nitrogens with one attached hydrogen (secondary N) is 1. The van der Waals surface area contributed by atoms with Crippen LogP contribution >= 0.6 is 11.6 Å². The molecule has 2 atom stereocenters. The molecular formula is C30H33ClFN7. The van der Waals surface area contributed by atoms with Crippen molar-refractivity contribution in [3.8, 4) is 11.4 Å². The number of nitrogens with zero attached hydrogens (tertiary/aromatic N) is 6. The van der Waals surface area contributed by atoms with E-state index in [1.165, 1.54) is 37.6 Å². The Kier molecular flexibility index (Phi) is 6.38. The molecule has 4 aromatic rings. The van der Waals surface area contributed by atoms with Crippen LogP contribution in [0.5, 0.6) is 0 Å². The second-order valence-electron chi connectivity index (χ2n) is 11.4. The lowest BCUT2D eigenvalue weighted by molar-refractivity contribution is 0.0334. The Morgan fingerprint density at radius 3 is 2.41 bits per heavy atom. The predicted molar refractivity (Wildman–Crippen MR) is 153 cm³/mol. The molecule has 3 saturated carbocycles. The number of halogens is 2. The van der Waals surface area contributed by atoms with Gasteiger partial charge in [-0.3, -0.25) is 0 Å². The van der Waals surface area contributed by atoms with E-state index in [0.717, 1.165) is 19.0 Å². The predicted octanol–water partition coefficient (Wildman–Crippen LogP) is 6.15. The van der Waals surface area contributed by atoms with Crippen molar-refractivity contribution in [3.05, 3.63) is 59.4 Å². The van der Waals surface area contributed by atoms with Gasteiger partial charge >= 0.3 is 0 Å². The van der Waals surface area contributed by atoms with Gasteiger partial charge in [-0.2, -0.15) is 0 Å². The third kappa shape index (κ3) is 4.52. The summed E-state index contributed by atoms with van der Waals surface area (Å²) in [4.78, 5) is 26.1. The van der Waals surface area contributed by atoms with Crippen molar-refractivity contribution in [2.24, 2.45) is 23.7 Å². The van der Waals surface area contributed by atoms with Crippen molar-refractivity contribution in [1.29, 1.82) is 0 Å². The summed E-state index contributed by atoms with van der Waals surface area (Å²) in [6.07, 6.45) is 9.10. The molecule has 1 N–H and O–H groups in total. The van der Waals surface area contributed by atoms with E-state index in [1.54, 1.807) is 6.20 Å². The zero-order valence-electron chi connectivity index (χ0n) is 22.2. The van der Waals surface area contributed by atoms with Crippen molar-refractivity contribution < 1.29 is 4.39 Å². The fourth-order valence-electron chi connectivity index (χ4n) is 7.25. The average molecular weight is 546 g/mol. The Morgan fingerprint density at radius 1 is 0.949 bits per heavy atom. The van der Waals surface area contributed by atoms with Crippen LogP contribution in [0, 0.1) is 29.5 Å². The first-order valence-corrected chi connectivity index (χ1v) is 14.5. The molecule has 4 aliphatic rings. The Balaban J connectivity index is 1.26. The Bertz CT molecular complexity index is 1470. The van der Waals surface area contributed by atoms with E-state index in [1.807, 2.05) is 6.07 Å². The van der Waals surface area contributed by atoms with Crippen molar-refractivity contribution in [2.75, 3.05) is 36.0 Å². The van der Waals surface area contributed by atoms with Crippen LogP contribution in [-0.4, -0.2) is 51.1 Å². The highest BCUT2D eigenvalue weighted by Crippen LogP contribution is 2.50. The highest BCUT2D eigenvalue weighted by Gasteiger charge is 2.42. The zero-order chi connectivity index (χ0) is 26.5. The number of anilines is 2. The third-order valence-electron chi connectivity index (χ3n) is 9.47. The van der Waals surface area contributed by atoms with Gasteiger partial charge < -0.3 is 14.8 Å². The molecule has 2 bridgehead atoms. The highest BCUT2D eigenvalue weighted by atomic mass is 35.5. The lowest BCUT2D eigenvalue weighted by atomic mass is 9.58. The van der Waals surface area contributed by atoms with Gasteiger partial charge in [-0.05, 0) is 67.9 Å². The van der Waals surface area contributed by atoms with E-state index in [-0.39, 0.29) is 5.82 Å². The largest absolute Gasteiger partial charge is 0.368 e. The van der Waals surface area contributed by atoms with E-state index >= 15 is 4.39 Å². The number of para-hydroxylation sites is 1. The minimum atomic E-state index is -0.274. The molecule has 0 unspecified atom stereocenters. The number of benzene rings is 1. The molecule has 0 amide bonds. The molecule has 4 fully saturated rings. The molecule has 202 valence electrons. The summed E-state index contributed by atoms with van der Waals surface area (Å²) in [6, 6.07) is 10.4. The molecule has 1 saturated heterocycles. The van der Waals surface area contributed by atoms with E-state index < -0.39 is 0 Å². The average Bonchev–Trinajstić information content (AvgIpc) is 3.40. The van der Waals surface area contributed by atoms with Crippen LogP contribution < -0.4 is 9.80 Å². The summed E-state index contributed by atoms with van der Waals surface area (Å²) < 4.78 is 16.4. The van der Waals surface area contributed by atoms with Gasteiger partial charge in [0.2, 0.25) is 0 Å². The van der Waals surface area contributed by atoms with Gasteiger partial charge in [-0.25, -0.2) is 24.3 Å². The van der Waals surface area contributed by atoms with Gasteiger partial charge in [0, 0.05) is 38.1 Å². The number of hydrogen-bond donors (Lipinski definition) is 1. The second-order valence-corrected chi connectivity index (χ2v) is 11.8. The van der Waals surface area contributed by atoms with Gasteiger partial charge in [0.05, 0.1) is 17.5 Å².